The second-order valence-electron chi connectivity index (χ2n) is 1.89. The van der Waals surface area contributed by atoms with Gasteiger partial charge in [0.1, 0.15) is 10.9 Å². The van der Waals surface area contributed by atoms with Gasteiger partial charge < -0.3 is 0 Å². The van der Waals surface area contributed by atoms with Crippen LogP contribution in [0.25, 0.3) is 0 Å². The van der Waals surface area contributed by atoms with Crippen molar-refractivity contribution in [1.29, 1.82) is 0 Å². The molecule has 1 radical (unpaired) electrons. The predicted octanol–water partition coefficient (Wildman–Crippen LogP) is 1.65. The number of rotatable bonds is 0. The third kappa shape index (κ3) is 1.61. The van der Waals surface area contributed by atoms with Crippen molar-refractivity contribution < 1.29 is 0 Å². The van der Waals surface area contributed by atoms with Crippen LogP contribution in [0.2, 0.25) is 0 Å². The van der Waals surface area contributed by atoms with Gasteiger partial charge in [0.05, 0.1) is 0 Å². The summed E-state index contributed by atoms with van der Waals surface area (Å²) in [7, 11) is 0. The van der Waals surface area contributed by atoms with Crippen molar-refractivity contribution in [3.8, 4) is 0 Å². The maximum absolute atomic E-state index is 4.84. The number of nitrogens with zero attached hydrogens (tertiary/aromatic N) is 2. The summed E-state index contributed by atoms with van der Waals surface area (Å²) >= 11 is 4.84. The molecule has 0 bridgehead atoms. The monoisotopic (exact) mass is 139 g/mol. The lowest BCUT2D eigenvalue weighted by Crippen LogP contribution is -1.89. The van der Waals surface area contributed by atoms with Gasteiger partial charge in [-0.2, -0.15) is 0 Å². The first-order valence-electron chi connectivity index (χ1n) is 2.68. The van der Waals surface area contributed by atoms with Gasteiger partial charge in [-0.3, -0.25) is 0 Å². The molecule has 1 rings (SSSR count). The normalized spacial score (nSPS) is 9.56. The summed E-state index contributed by atoms with van der Waals surface area (Å²) in [5.41, 5.74) is 0.938. The summed E-state index contributed by atoms with van der Waals surface area (Å²) in [6.45, 7) is 3.74. The zero-order chi connectivity index (χ0) is 6.85. The summed E-state index contributed by atoms with van der Waals surface area (Å²) in [5, 5.41) is 0.625. The molecule has 0 saturated heterocycles. The van der Waals surface area contributed by atoms with E-state index in [-0.39, 0.29) is 0 Å². The molecule has 3 heteroatoms. The van der Waals surface area contributed by atoms with Gasteiger partial charge in [0.15, 0.2) is 0 Å². The molecule has 1 heterocycles. The van der Waals surface area contributed by atoms with Gasteiger partial charge in [0.2, 0.25) is 0 Å². The van der Waals surface area contributed by atoms with E-state index in [0.29, 0.717) is 5.03 Å². The molecule has 0 aromatic carbocycles. The van der Waals surface area contributed by atoms with Crippen molar-refractivity contribution in [3.63, 3.8) is 0 Å². The average Bonchev–Trinajstić information content (AvgIpc) is 1.59. The molecular formula is C6H7N2S. The first kappa shape index (κ1) is 6.42. The smallest absolute Gasteiger partial charge is 0.130 e. The lowest BCUT2D eigenvalue weighted by molar-refractivity contribution is 0.940. The topological polar surface area (TPSA) is 25.8 Å². The van der Waals surface area contributed by atoms with Crippen LogP contribution in [0.15, 0.2) is 11.1 Å². The van der Waals surface area contributed by atoms with Gasteiger partial charge in [0.25, 0.3) is 0 Å². The first-order valence-corrected chi connectivity index (χ1v) is 3.08. The Hall–Kier alpha value is -0.700. The molecule has 2 nitrogen and oxygen atoms in total. The van der Waals surface area contributed by atoms with Crippen molar-refractivity contribution in [2.45, 2.75) is 18.9 Å². The van der Waals surface area contributed by atoms with Crippen molar-refractivity contribution in [3.05, 3.63) is 17.6 Å². The van der Waals surface area contributed by atoms with E-state index >= 15 is 0 Å². The number of hydrogen-bond acceptors (Lipinski definition) is 2. The molecule has 1 aromatic heterocycles. The minimum Gasteiger partial charge on any atom is -0.238 e. The van der Waals surface area contributed by atoms with Crippen LogP contribution in [0, 0.1) is 13.8 Å². The van der Waals surface area contributed by atoms with Crippen molar-refractivity contribution in [1.82, 2.24) is 9.97 Å². The Morgan fingerprint density at radius 1 is 1.33 bits per heavy atom. The van der Waals surface area contributed by atoms with E-state index in [2.05, 4.69) is 9.97 Å². The zero-order valence-corrected chi connectivity index (χ0v) is 6.20. The molecule has 0 N–H and O–H groups in total. The number of aryl methyl sites for hydroxylation is 2. The molecular weight excluding hydrogens is 132 g/mol. The molecule has 0 amide bonds. The lowest BCUT2D eigenvalue weighted by Gasteiger charge is -1.93. The highest BCUT2D eigenvalue weighted by atomic mass is 32.1. The van der Waals surface area contributed by atoms with Crippen LogP contribution in [-0.4, -0.2) is 9.97 Å². The Morgan fingerprint density at radius 2 is 2.00 bits per heavy atom. The summed E-state index contributed by atoms with van der Waals surface area (Å²) in [4.78, 5) is 7.99. The molecule has 0 aliphatic heterocycles. The molecule has 0 aliphatic rings. The largest absolute Gasteiger partial charge is 0.238 e. The molecule has 0 spiro atoms. The maximum atomic E-state index is 4.84. The molecule has 0 aliphatic carbocycles. The SMILES string of the molecule is Cc1cc([S])nc(C)n1. The molecule has 1 aromatic rings. The summed E-state index contributed by atoms with van der Waals surface area (Å²) < 4.78 is 0. The maximum Gasteiger partial charge on any atom is 0.130 e. The second kappa shape index (κ2) is 2.27. The van der Waals surface area contributed by atoms with Gasteiger partial charge in [-0.25, -0.2) is 9.97 Å². The van der Waals surface area contributed by atoms with Crippen molar-refractivity contribution >= 4 is 12.6 Å². The predicted molar refractivity (Wildman–Crippen MR) is 37.4 cm³/mol. The molecule has 0 saturated carbocycles. The van der Waals surface area contributed by atoms with Crippen LogP contribution in [0.4, 0.5) is 0 Å². The fraction of sp³-hybridized carbons (Fsp3) is 0.333. The standard InChI is InChI=1S/C6H7N2S/c1-4-3-6(9)8-5(2)7-4/h3H,1-2H3. The van der Waals surface area contributed by atoms with Crippen LogP contribution in [0.1, 0.15) is 11.5 Å². The van der Waals surface area contributed by atoms with Crippen molar-refractivity contribution in [2.75, 3.05) is 0 Å². The quantitative estimate of drug-likeness (QED) is 0.511. The van der Waals surface area contributed by atoms with E-state index in [1.54, 1.807) is 6.07 Å². The molecule has 0 unspecified atom stereocenters. The lowest BCUT2D eigenvalue weighted by atomic mass is 10.4. The van der Waals surface area contributed by atoms with Gasteiger partial charge in [-0.1, -0.05) is 12.6 Å². The highest BCUT2D eigenvalue weighted by molar-refractivity contribution is 7.80. The molecule has 9 heavy (non-hydrogen) atoms. The summed E-state index contributed by atoms with van der Waals surface area (Å²) in [6.07, 6.45) is 0. The van der Waals surface area contributed by atoms with E-state index in [0.717, 1.165) is 11.5 Å². The third-order valence-electron chi connectivity index (χ3n) is 0.943. The molecule has 0 fully saturated rings. The molecule has 47 valence electrons. The van der Waals surface area contributed by atoms with E-state index in [4.69, 9.17) is 12.6 Å². The van der Waals surface area contributed by atoms with E-state index in [1.807, 2.05) is 13.8 Å². The Bertz CT molecular complexity index is 172. The Labute approximate surface area is 59.8 Å². The number of hydrogen-bond donors (Lipinski definition) is 0. The van der Waals surface area contributed by atoms with E-state index < -0.39 is 0 Å². The minimum atomic E-state index is 0.625. The Morgan fingerprint density at radius 3 is 2.44 bits per heavy atom. The fourth-order valence-corrected chi connectivity index (χ4v) is 0.986. The van der Waals surface area contributed by atoms with Crippen LogP contribution in [-0.2, 0) is 0 Å². The van der Waals surface area contributed by atoms with Crippen molar-refractivity contribution in [2.24, 2.45) is 0 Å². The number of aromatic nitrogens is 2. The average molecular weight is 139 g/mol. The van der Waals surface area contributed by atoms with Gasteiger partial charge in [0, 0.05) is 5.69 Å². The van der Waals surface area contributed by atoms with Gasteiger partial charge in [-0.05, 0) is 19.9 Å². The Balaban J connectivity index is 3.17. The highest BCUT2D eigenvalue weighted by Crippen LogP contribution is 2.02. The van der Waals surface area contributed by atoms with Gasteiger partial charge >= 0.3 is 0 Å². The van der Waals surface area contributed by atoms with Crippen LogP contribution >= 0.6 is 12.6 Å². The van der Waals surface area contributed by atoms with E-state index in [9.17, 15) is 0 Å². The van der Waals surface area contributed by atoms with Crippen LogP contribution in [0.5, 0.6) is 0 Å². The third-order valence-corrected chi connectivity index (χ3v) is 1.15. The summed E-state index contributed by atoms with van der Waals surface area (Å²) in [6, 6.07) is 1.78. The first-order chi connectivity index (χ1) is 4.18. The fourth-order valence-electron chi connectivity index (χ4n) is 0.683. The Kier molecular flexibility index (Phi) is 1.62. The minimum absolute atomic E-state index is 0.625. The summed E-state index contributed by atoms with van der Waals surface area (Å²) in [5.74, 6) is 0.750. The van der Waals surface area contributed by atoms with Crippen LogP contribution < -0.4 is 0 Å². The molecule has 0 atom stereocenters. The van der Waals surface area contributed by atoms with Gasteiger partial charge in [-0.15, -0.1) is 0 Å². The highest BCUT2D eigenvalue weighted by Gasteiger charge is 1.92. The van der Waals surface area contributed by atoms with E-state index in [1.165, 1.54) is 0 Å². The zero-order valence-electron chi connectivity index (χ0n) is 5.38. The second-order valence-corrected chi connectivity index (χ2v) is 2.31. The van der Waals surface area contributed by atoms with Crippen LogP contribution in [0.3, 0.4) is 0 Å².